The van der Waals surface area contributed by atoms with Crippen molar-refractivity contribution in [3.63, 3.8) is 0 Å². The molecule has 0 bridgehead atoms. The van der Waals surface area contributed by atoms with Gasteiger partial charge in [0.05, 0.1) is 18.6 Å². The molecule has 3 aromatic carbocycles. The number of rotatable bonds is 12. The molecule has 0 radical (unpaired) electrons. The van der Waals surface area contributed by atoms with E-state index in [0.29, 0.717) is 18.5 Å². The molecular formula is C34H42N4O6. The summed E-state index contributed by atoms with van der Waals surface area (Å²) in [6.07, 6.45) is 0.159. The van der Waals surface area contributed by atoms with Crippen molar-refractivity contribution in [2.45, 2.75) is 76.3 Å². The first-order chi connectivity index (χ1) is 20.9. The predicted octanol–water partition coefficient (Wildman–Crippen LogP) is 2.71. The zero-order valence-corrected chi connectivity index (χ0v) is 25.5. The average Bonchev–Trinajstić information content (AvgIpc) is 3.44. The molecule has 0 spiro atoms. The number of aliphatic hydroxyl groups is 1. The number of likely N-dealkylation sites (tertiary alicyclic amines) is 1. The Morgan fingerprint density at radius 1 is 0.977 bits per heavy atom. The molecule has 1 heterocycles. The third-order valence-corrected chi connectivity index (χ3v) is 7.59. The van der Waals surface area contributed by atoms with Gasteiger partial charge in [0.15, 0.2) is 0 Å². The standard InChI is InChI=1S/C34H42N4O6/c1-34(2,3)44-33(43)28-14-9-17-38(28)21-29(39)26(18-22-10-5-4-6-11-22)36-32(42)27(20-30(35)40)37-31(41)25-16-15-23-12-7-8-13-24(23)19-25/h4-8,10-13,15-16,19,26-29,39H,9,14,17-18,20-21H2,1-3H3,(H2,35,40)(H,36,42)(H,37,41)/t26-,27-,28-,29+/m0/s1. The molecule has 4 rings (SSSR count). The third-order valence-electron chi connectivity index (χ3n) is 7.59. The molecule has 4 atom stereocenters. The Balaban J connectivity index is 1.50. The van der Waals surface area contributed by atoms with Crippen LogP contribution in [-0.4, -0.2) is 76.6 Å². The number of nitrogens with one attached hydrogen (secondary N) is 2. The van der Waals surface area contributed by atoms with E-state index in [4.69, 9.17) is 10.5 Å². The number of hydrogen-bond donors (Lipinski definition) is 4. The second-order valence-electron chi connectivity index (χ2n) is 12.3. The molecule has 10 heteroatoms. The summed E-state index contributed by atoms with van der Waals surface area (Å²) in [6, 6.07) is 19.5. The normalized spacial score (nSPS) is 17.4. The van der Waals surface area contributed by atoms with Gasteiger partial charge in [-0.25, -0.2) is 0 Å². The highest BCUT2D eigenvalue weighted by molar-refractivity contribution is 6.01. The number of amides is 3. The first-order valence-corrected chi connectivity index (χ1v) is 15.0. The van der Waals surface area contributed by atoms with Gasteiger partial charge in [-0.1, -0.05) is 60.7 Å². The number of nitrogens with two attached hydrogens (primary N) is 1. The Morgan fingerprint density at radius 3 is 2.34 bits per heavy atom. The van der Waals surface area contributed by atoms with Crippen LogP contribution in [0.4, 0.5) is 0 Å². The second kappa shape index (κ2) is 14.5. The van der Waals surface area contributed by atoms with E-state index < -0.39 is 54.0 Å². The van der Waals surface area contributed by atoms with Crippen molar-refractivity contribution >= 4 is 34.5 Å². The van der Waals surface area contributed by atoms with E-state index in [1.165, 1.54) is 0 Å². The summed E-state index contributed by atoms with van der Waals surface area (Å²) in [5.74, 6) is -2.29. The van der Waals surface area contributed by atoms with Gasteiger partial charge in [0.2, 0.25) is 11.8 Å². The summed E-state index contributed by atoms with van der Waals surface area (Å²) in [5, 5.41) is 18.8. The van der Waals surface area contributed by atoms with Crippen LogP contribution in [-0.2, 0) is 25.5 Å². The summed E-state index contributed by atoms with van der Waals surface area (Å²) in [5.41, 5.74) is 6.02. The predicted molar refractivity (Wildman–Crippen MR) is 168 cm³/mol. The van der Waals surface area contributed by atoms with E-state index in [-0.39, 0.29) is 18.9 Å². The minimum absolute atomic E-state index is 0.117. The smallest absolute Gasteiger partial charge is 0.323 e. The minimum Gasteiger partial charge on any atom is -0.459 e. The summed E-state index contributed by atoms with van der Waals surface area (Å²) >= 11 is 0. The second-order valence-corrected chi connectivity index (χ2v) is 12.3. The highest BCUT2D eigenvalue weighted by Crippen LogP contribution is 2.22. The maximum atomic E-state index is 13.6. The average molecular weight is 603 g/mol. The molecule has 1 fully saturated rings. The number of fused-ring (bicyclic) bond motifs is 1. The minimum atomic E-state index is -1.27. The number of β-amino-alcohol motifs (C(OH)–C–C–N with tert-alkyl or cyclic N) is 1. The fourth-order valence-electron chi connectivity index (χ4n) is 5.47. The molecule has 1 saturated heterocycles. The largest absolute Gasteiger partial charge is 0.459 e. The van der Waals surface area contributed by atoms with E-state index in [2.05, 4.69) is 10.6 Å². The van der Waals surface area contributed by atoms with Gasteiger partial charge in [-0.15, -0.1) is 0 Å². The number of carbonyl (C=O) groups excluding carboxylic acids is 4. The number of ether oxygens (including phenoxy) is 1. The van der Waals surface area contributed by atoms with Crippen LogP contribution in [0, 0.1) is 0 Å². The fourth-order valence-corrected chi connectivity index (χ4v) is 5.47. The lowest BCUT2D eigenvalue weighted by Gasteiger charge is -2.32. The molecule has 0 aliphatic carbocycles. The summed E-state index contributed by atoms with van der Waals surface area (Å²) < 4.78 is 5.60. The molecule has 0 aromatic heterocycles. The Bertz CT molecular complexity index is 1470. The van der Waals surface area contributed by atoms with Crippen LogP contribution in [0.15, 0.2) is 72.8 Å². The zero-order valence-electron chi connectivity index (χ0n) is 25.5. The topological polar surface area (TPSA) is 151 Å². The maximum absolute atomic E-state index is 13.6. The highest BCUT2D eigenvalue weighted by atomic mass is 16.6. The Hall–Kier alpha value is -4.28. The van der Waals surface area contributed by atoms with Crippen LogP contribution < -0.4 is 16.4 Å². The van der Waals surface area contributed by atoms with Crippen LogP contribution in [0.25, 0.3) is 10.8 Å². The Kier molecular flexibility index (Phi) is 10.7. The third kappa shape index (κ3) is 9.11. The number of nitrogens with zero attached hydrogens (tertiary/aromatic N) is 1. The van der Waals surface area contributed by atoms with E-state index in [1.54, 1.807) is 12.1 Å². The number of carbonyl (C=O) groups is 4. The molecule has 5 N–H and O–H groups in total. The molecule has 0 unspecified atom stereocenters. The van der Waals surface area contributed by atoms with Crippen LogP contribution in [0.3, 0.4) is 0 Å². The first kappa shape index (κ1) is 32.6. The monoisotopic (exact) mass is 602 g/mol. The number of aliphatic hydroxyl groups excluding tert-OH is 1. The Morgan fingerprint density at radius 2 is 1.66 bits per heavy atom. The molecular weight excluding hydrogens is 560 g/mol. The molecule has 234 valence electrons. The molecule has 1 aliphatic heterocycles. The summed E-state index contributed by atoms with van der Waals surface area (Å²) in [6.45, 7) is 6.15. The van der Waals surface area contributed by atoms with Gasteiger partial charge in [0.1, 0.15) is 17.7 Å². The maximum Gasteiger partial charge on any atom is 0.323 e. The van der Waals surface area contributed by atoms with Crippen molar-refractivity contribution in [1.29, 1.82) is 0 Å². The van der Waals surface area contributed by atoms with Gasteiger partial charge in [0, 0.05) is 12.1 Å². The molecule has 44 heavy (non-hydrogen) atoms. The van der Waals surface area contributed by atoms with Crippen molar-refractivity contribution in [3.05, 3.63) is 83.9 Å². The van der Waals surface area contributed by atoms with E-state index >= 15 is 0 Å². The first-order valence-electron chi connectivity index (χ1n) is 15.0. The Labute approximate surface area is 257 Å². The number of hydrogen-bond acceptors (Lipinski definition) is 7. The highest BCUT2D eigenvalue weighted by Gasteiger charge is 2.37. The lowest BCUT2D eigenvalue weighted by atomic mass is 9.99. The number of primary amides is 1. The lowest BCUT2D eigenvalue weighted by Crippen LogP contribution is -2.56. The van der Waals surface area contributed by atoms with Crippen molar-refractivity contribution in [2.75, 3.05) is 13.1 Å². The molecule has 0 saturated carbocycles. The van der Waals surface area contributed by atoms with Crippen LogP contribution in [0.5, 0.6) is 0 Å². The fraction of sp³-hybridized carbons (Fsp3) is 0.412. The molecule has 1 aliphatic rings. The SMILES string of the molecule is CC(C)(C)OC(=O)[C@@H]1CCCN1C[C@@H](O)[C@H](Cc1ccccc1)NC(=O)[C@H](CC(N)=O)NC(=O)c1ccc2ccccc2c1. The summed E-state index contributed by atoms with van der Waals surface area (Å²) in [7, 11) is 0. The van der Waals surface area contributed by atoms with Crippen molar-refractivity contribution in [3.8, 4) is 0 Å². The van der Waals surface area contributed by atoms with Crippen LogP contribution >= 0.6 is 0 Å². The van der Waals surface area contributed by atoms with Crippen molar-refractivity contribution in [1.82, 2.24) is 15.5 Å². The van der Waals surface area contributed by atoms with Gasteiger partial charge in [-0.3, -0.25) is 24.1 Å². The van der Waals surface area contributed by atoms with Crippen molar-refractivity contribution < 1.29 is 29.0 Å². The summed E-state index contributed by atoms with van der Waals surface area (Å²) in [4.78, 5) is 53.5. The quantitative estimate of drug-likeness (QED) is 0.233. The molecule has 10 nitrogen and oxygen atoms in total. The van der Waals surface area contributed by atoms with Gasteiger partial charge in [0.25, 0.3) is 5.91 Å². The van der Waals surface area contributed by atoms with Crippen molar-refractivity contribution in [2.24, 2.45) is 5.73 Å². The van der Waals surface area contributed by atoms with Crippen LogP contribution in [0.2, 0.25) is 0 Å². The van der Waals surface area contributed by atoms with Crippen LogP contribution in [0.1, 0.15) is 56.0 Å². The van der Waals surface area contributed by atoms with E-state index in [1.807, 2.05) is 86.3 Å². The van der Waals surface area contributed by atoms with Gasteiger partial charge in [-0.2, -0.15) is 0 Å². The lowest BCUT2D eigenvalue weighted by molar-refractivity contribution is -0.160. The molecule has 3 aromatic rings. The van der Waals surface area contributed by atoms with E-state index in [9.17, 15) is 24.3 Å². The zero-order chi connectivity index (χ0) is 31.9. The van der Waals surface area contributed by atoms with Gasteiger partial charge >= 0.3 is 5.97 Å². The number of esters is 1. The van der Waals surface area contributed by atoms with Gasteiger partial charge < -0.3 is 26.2 Å². The van der Waals surface area contributed by atoms with Gasteiger partial charge in [-0.05, 0) is 75.0 Å². The molecule has 3 amide bonds. The number of benzene rings is 3. The van der Waals surface area contributed by atoms with E-state index in [0.717, 1.165) is 22.8 Å².